The summed E-state index contributed by atoms with van der Waals surface area (Å²) in [4.78, 5) is 95.8. The van der Waals surface area contributed by atoms with Crippen LogP contribution in [-0.2, 0) is 18.9 Å². The molecule has 32 nitrogen and oxygen atoms in total. The summed E-state index contributed by atoms with van der Waals surface area (Å²) in [5.41, 5.74) is 1.55. The van der Waals surface area contributed by atoms with E-state index in [1.165, 1.54) is 43.2 Å². The van der Waals surface area contributed by atoms with Crippen molar-refractivity contribution in [2.45, 2.75) is 168 Å². The van der Waals surface area contributed by atoms with Gasteiger partial charge in [0.1, 0.15) is 54.8 Å². The van der Waals surface area contributed by atoms with Crippen LogP contribution in [0.5, 0.6) is 17.6 Å². The molecule has 8 aliphatic rings. The molecule has 8 unspecified atom stereocenters. The third-order valence-electron chi connectivity index (χ3n) is 22.3. The Morgan fingerprint density at radius 3 is 0.970 bits per heavy atom. The second kappa shape index (κ2) is 47.1. The Balaban J connectivity index is 0.000000172. The highest BCUT2D eigenvalue weighted by atomic mass is 35.5. The molecule has 4 saturated carbocycles. The standard InChI is InChI=1S/C23H25ClFN5O3.C22H23ClFN5O3.C18H17ClFN5O.C12H21NO3.C11H5Cl2FN4.C4H7ClO2.ClH/c1-23(2,3)33-22(31)30-10-13-5-6-14(11-30)19(13)32-21-18(25)20(27-12-28-21)29-17-8-7-15(26-4)9-16(17)24;1-12(2)31-22(30)29-9-13-4-5-14(10-29)19(13)32-21-18(24)20(26-11-27-21)28-17-7-6-15(25-3)8-16(17)23;1-21-12-4-5-14(13(19)6-12)25-17-15(20)18(24-9-23-17)26-16-10-2-3-11(16)8-22-7-10;1-12(2,3)16-11(15)13-6-8-4-5-9(7-13)10(8)14;1-15-6-2-3-8(7(12)4-6)18-11-9(14)10(13)16-5-17-11;1-3(2)7-4(5)6;/h7-9,12-14,19H,5-6,10-11H2,1-3H3,(H,27,28,29);6-8,11-14,19H,4-5,9-10H2,1-2H3,(H,26,27,28);4-6,9-11,16,22H,2-3,7-8H2,(H,23,24,25);8-10,14H,4-7H2,1-3H3;2-5H,(H,16,17,18);3H,1-2H3;1H. The monoisotopic (exact) mass is 1970 g/mol. The fourth-order valence-electron chi connectivity index (χ4n) is 16.3. The predicted octanol–water partition coefficient (Wildman–Crippen LogP) is 22.8. The van der Waals surface area contributed by atoms with Crippen LogP contribution in [0.3, 0.4) is 0 Å². The number of ether oxygens (including phenoxy) is 7. The van der Waals surface area contributed by atoms with Gasteiger partial charge >= 0.3 is 23.7 Å². The predicted molar refractivity (Wildman–Crippen MR) is 497 cm³/mol. The molecule has 8 heterocycles. The van der Waals surface area contributed by atoms with E-state index in [1.54, 1.807) is 77.1 Å². The third kappa shape index (κ3) is 28.4. The van der Waals surface area contributed by atoms with Gasteiger partial charge in [-0.05, 0) is 169 Å². The number of hydrogen-bond acceptors (Lipinski definition) is 25. The van der Waals surface area contributed by atoms with Gasteiger partial charge in [0, 0.05) is 111 Å². The van der Waals surface area contributed by atoms with E-state index in [2.05, 4.69) is 90.6 Å². The number of aliphatic hydroxyl groups excluding tert-OH is 1. The second-order valence-corrected chi connectivity index (χ2v) is 37.0. The van der Waals surface area contributed by atoms with Crippen LogP contribution in [0.25, 0.3) is 19.4 Å². The summed E-state index contributed by atoms with van der Waals surface area (Å²) in [6, 6.07) is 18.6. The van der Waals surface area contributed by atoms with Crippen molar-refractivity contribution in [3.05, 3.63) is 192 Å². The first-order valence-corrected chi connectivity index (χ1v) is 44.6. The first-order chi connectivity index (χ1) is 62.7. The number of nitrogens with one attached hydrogen (secondary N) is 5. The summed E-state index contributed by atoms with van der Waals surface area (Å²) in [5, 5.41) is 25.3. The Morgan fingerprint density at radius 2 is 0.692 bits per heavy atom. The van der Waals surface area contributed by atoms with Crippen molar-refractivity contribution >= 4 is 174 Å². The number of rotatable bonds is 16. The molecule has 0 radical (unpaired) electrons. The van der Waals surface area contributed by atoms with E-state index in [-0.39, 0.29) is 164 Å². The Kier molecular flexibility index (Phi) is 36.7. The molecule has 0 spiro atoms. The molecule has 6 N–H and O–H groups in total. The van der Waals surface area contributed by atoms with Crippen molar-refractivity contribution in [1.29, 1.82) is 0 Å². The van der Waals surface area contributed by atoms with Crippen molar-refractivity contribution in [1.82, 2.24) is 59.9 Å². The number of aromatic nitrogens is 8. The molecule has 16 rings (SSSR count). The van der Waals surface area contributed by atoms with Crippen LogP contribution >= 0.6 is 82.0 Å². The lowest BCUT2D eigenvalue weighted by molar-refractivity contribution is -0.0136. The van der Waals surface area contributed by atoms with Crippen molar-refractivity contribution in [3.8, 4) is 17.6 Å². The van der Waals surface area contributed by atoms with Crippen molar-refractivity contribution in [2.24, 2.45) is 47.3 Å². The summed E-state index contributed by atoms with van der Waals surface area (Å²) in [6.07, 6.45) is 10.7. The van der Waals surface area contributed by atoms with E-state index in [0.29, 0.717) is 102 Å². The molecule has 8 bridgehead atoms. The molecule has 4 aromatic carbocycles. The molecule has 8 fully saturated rings. The lowest BCUT2D eigenvalue weighted by Gasteiger charge is -2.38. The summed E-state index contributed by atoms with van der Waals surface area (Å²) in [7, 11) is 0. The lowest BCUT2D eigenvalue weighted by Crippen LogP contribution is -2.50. The number of benzene rings is 4. The lowest BCUT2D eigenvalue weighted by atomic mass is 9.95. The van der Waals surface area contributed by atoms with E-state index in [4.69, 9.17) is 124 Å². The number of amides is 3. The minimum absolute atomic E-state index is 0. The van der Waals surface area contributed by atoms with Crippen molar-refractivity contribution in [2.75, 3.05) is 73.6 Å². The number of aliphatic hydroxyl groups is 1. The van der Waals surface area contributed by atoms with Gasteiger partial charge < -0.3 is 79.5 Å². The normalized spacial score (nSPS) is 21.3. The molecule has 4 aliphatic heterocycles. The molecular weight excluding hydrogens is 1880 g/mol. The van der Waals surface area contributed by atoms with E-state index in [9.17, 15) is 33.1 Å². The number of nitrogens with zero attached hydrogens (tertiary/aromatic N) is 15. The van der Waals surface area contributed by atoms with Gasteiger partial charge in [0.15, 0.2) is 51.2 Å². The number of piperidine rings is 4. The van der Waals surface area contributed by atoms with Gasteiger partial charge in [-0.15, -0.1) is 12.4 Å². The zero-order valence-corrected chi connectivity index (χ0v) is 79.3. The van der Waals surface area contributed by atoms with E-state index in [0.717, 1.165) is 70.8 Å². The fraction of sp³-hybridized carbons (Fsp3) is 0.467. The molecule has 708 valence electrons. The molecule has 133 heavy (non-hydrogen) atoms. The quantitative estimate of drug-likeness (QED) is 0.0172. The number of likely N-dealkylation sites (tertiary alicyclic amines) is 3. The van der Waals surface area contributed by atoms with Gasteiger partial charge in [0.25, 0.3) is 17.6 Å². The highest BCUT2D eigenvalue weighted by molar-refractivity contribution is 6.61. The third-order valence-corrected chi connectivity index (χ3v) is 23.9. The molecular formula is C90H99Cl7F4N20O12. The molecule has 4 aromatic heterocycles. The number of hydrogen-bond donors (Lipinski definition) is 6. The molecule has 8 atom stereocenters. The molecule has 43 heteroatoms. The maximum atomic E-state index is 15.2. The first-order valence-electron chi connectivity index (χ1n) is 42.4. The number of carbonyl (C=O) groups excluding carboxylic acids is 4. The van der Waals surface area contributed by atoms with E-state index >= 15 is 8.78 Å². The van der Waals surface area contributed by atoms with Gasteiger partial charge in [-0.3, -0.25) is 0 Å². The summed E-state index contributed by atoms with van der Waals surface area (Å²) < 4.78 is 97.2. The minimum atomic E-state index is -0.760. The Morgan fingerprint density at radius 1 is 0.421 bits per heavy atom. The largest absolute Gasteiger partial charge is 0.471 e. The fourth-order valence-corrected chi connectivity index (χ4v) is 17.5. The Bertz CT molecular complexity index is 5580. The van der Waals surface area contributed by atoms with Gasteiger partial charge in [-0.2, -0.15) is 32.5 Å². The molecule has 3 amide bonds. The minimum Gasteiger partial charge on any atom is -0.471 e. The Labute approximate surface area is 803 Å². The van der Waals surface area contributed by atoms with Gasteiger partial charge in [0.05, 0.1) is 87.4 Å². The van der Waals surface area contributed by atoms with Crippen LogP contribution < -0.4 is 40.8 Å². The van der Waals surface area contributed by atoms with Crippen molar-refractivity contribution in [3.63, 3.8) is 0 Å². The highest BCUT2D eigenvalue weighted by Gasteiger charge is 2.49. The van der Waals surface area contributed by atoms with Crippen LogP contribution in [0.1, 0.15) is 121 Å². The van der Waals surface area contributed by atoms with E-state index in [1.807, 2.05) is 55.4 Å². The average molecular weight is 1980 g/mol. The van der Waals surface area contributed by atoms with Crippen LogP contribution in [0.15, 0.2) is 98.1 Å². The Hall–Kier alpha value is -11.3. The topological polar surface area (TPSA) is 344 Å². The van der Waals surface area contributed by atoms with Gasteiger partial charge in [-0.25, -0.2) is 63.5 Å². The first kappa shape index (κ1) is 104. The number of anilines is 8. The molecule has 4 aliphatic carbocycles. The SMILES string of the molecule is CC(C)(C)OC(=O)N1CC2CCC(C1)C2O.CC(C)OC(=O)Cl.Cl.[C-]#[N+]c1ccc(Nc2ncnc(Cl)c2F)c(Cl)c1.[C-]#[N+]c1ccc(Nc2ncnc(OC3C4CCC3CN(C(=O)OC(C)(C)C)C4)c2F)c(Cl)c1.[C-]#[N+]c1ccc(Nc2ncnc(OC3C4CCC3CN(C(=O)OC(C)C)C4)c2F)c(Cl)c1.[C-]#[N+]c1ccc(Nc2ncnc(OC3C4CCC3CNC4)c2F)c(Cl)c1. The maximum Gasteiger partial charge on any atom is 0.410 e. The molecule has 8 aromatic rings. The van der Waals surface area contributed by atoms with Crippen LogP contribution in [0.4, 0.5) is 106 Å². The number of halogens is 11. The zero-order chi connectivity index (χ0) is 95.6. The highest BCUT2D eigenvalue weighted by Crippen LogP contribution is 2.46. The second-order valence-electron chi connectivity index (χ2n) is 34.8. The summed E-state index contributed by atoms with van der Waals surface area (Å²) in [6.45, 7) is 51.3. The van der Waals surface area contributed by atoms with Gasteiger partial charge in [0.2, 0.25) is 23.3 Å². The maximum absolute atomic E-state index is 15.2. The molecule has 4 saturated heterocycles. The smallest absolute Gasteiger partial charge is 0.410 e. The zero-order valence-electron chi connectivity index (χ0n) is 74.0. The number of fused-ring (bicyclic) bond motifs is 8. The number of carbonyl (C=O) groups is 4. The van der Waals surface area contributed by atoms with Gasteiger partial charge in [-0.1, -0.05) is 82.3 Å². The van der Waals surface area contributed by atoms with Crippen LogP contribution in [-0.4, -0.2) is 184 Å². The summed E-state index contributed by atoms with van der Waals surface area (Å²) in [5.74, 6) is -1.83. The van der Waals surface area contributed by atoms with Crippen LogP contribution in [0, 0.1) is 96.9 Å². The summed E-state index contributed by atoms with van der Waals surface area (Å²) >= 11 is 34.8. The van der Waals surface area contributed by atoms with E-state index < -0.39 is 39.9 Å². The average Bonchev–Trinajstić information content (AvgIpc) is 1.64. The van der Waals surface area contributed by atoms with Crippen LogP contribution in [0.2, 0.25) is 25.2 Å². The van der Waals surface area contributed by atoms with Crippen molar-refractivity contribution < 1.29 is 75.0 Å².